The standard InChI is InChI=1S/C11H10Br2N2S/c1-7-2-9(5-15-11(7)13)14-4-8-3-10(12)16-6-8/h2-3,5-6,14H,4H2,1H3. The van der Waals surface area contributed by atoms with Crippen LogP contribution in [0.2, 0.25) is 0 Å². The van der Waals surface area contributed by atoms with Gasteiger partial charge in [0.1, 0.15) is 4.60 Å². The summed E-state index contributed by atoms with van der Waals surface area (Å²) < 4.78 is 2.06. The maximum atomic E-state index is 4.24. The number of nitrogens with zero attached hydrogens (tertiary/aromatic N) is 1. The number of aromatic nitrogens is 1. The quantitative estimate of drug-likeness (QED) is 0.809. The second-order valence-corrected chi connectivity index (χ2v) is 6.49. The van der Waals surface area contributed by atoms with Crippen molar-refractivity contribution in [3.63, 3.8) is 0 Å². The van der Waals surface area contributed by atoms with Crippen molar-refractivity contribution >= 4 is 48.9 Å². The zero-order valence-electron chi connectivity index (χ0n) is 8.63. The fourth-order valence-electron chi connectivity index (χ4n) is 1.30. The Morgan fingerprint density at radius 3 is 2.81 bits per heavy atom. The van der Waals surface area contributed by atoms with Crippen molar-refractivity contribution in [2.24, 2.45) is 0 Å². The van der Waals surface area contributed by atoms with Crippen molar-refractivity contribution in [1.82, 2.24) is 4.98 Å². The Labute approximate surface area is 115 Å². The number of hydrogen-bond donors (Lipinski definition) is 1. The lowest BCUT2D eigenvalue weighted by Crippen LogP contribution is -1.99. The van der Waals surface area contributed by atoms with Gasteiger partial charge in [0.2, 0.25) is 0 Å². The molecule has 2 heterocycles. The van der Waals surface area contributed by atoms with Crippen LogP contribution < -0.4 is 5.32 Å². The normalized spacial score (nSPS) is 10.4. The van der Waals surface area contributed by atoms with Gasteiger partial charge in [0.05, 0.1) is 15.7 Å². The van der Waals surface area contributed by atoms with Gasteiger partial charge in [0.15, 0.2) is 0 Å². The van der Waals surface area contributed by atoms with Crippen molar-refractivity contribution in [2.75, 3.05) is 5.32 Å². The molecule has 0 spiro atoms. The number of aryl methyl sites for hydroxylation is 1. The van der Waals surface area contributed by atoms with E-state index < -0.39 is 0 Å². The van der Waals surface area contributed by atoms with Gasteiger partial charge in [0.25, 0.3) is 0 Å². The summed E-state index contributed by atoms with van der Waals surface area (Å²) in [7, 11) is 0. The molecule has 0 aliphatic carbocycles. The molecule has 0 unspecified atom stereocenters. The Morgan fingerprint density at radius 1 is 1.38 bits per heavy atom. The van der Waals surface area contributed by atoms with Gasteiger partial charge in [-0.05, 0) is 67.4 Å². The van der Waals surface area contributed by atoms with Crippen molar-refractivity contribution in [3.8, 4) is 0 Å². The molecule has 16 heavy (non-hydrogen) atoms. The number of rotatable bonds is 3. The first-order valence-corrected chi connectivity index (χ1v) is 7.20. The first-order valence-electron chi connectivity index (χ1n) is 4.74. The Morgan fingerprint density at radius 2 is 2.19 bits per heavy atom. The van der Waals surface area contributed by atoms with Gasteiger partial charge in [0, 0.05) is 6.54 Å². The molecule has 0 aliphatic heterocycles. The molecule has 2 rings (SSSR count). The molecule has 0 bridgehead atoms. The molecule has 2 aromatic heterocycles. The van der Waals surface area contributed by atoms with E-state index in [1.165, 1.54) is 5.56 Å². The third kappa shape index (κ3) is 3.06. The van der Waals surface area contributed by atoms with Gasteiger partial charge < -0.3 is 5.32 Å². The first kappa shape index (κ1) is 12.1. The number of nitrogens with one attached hydrogen (secondary N) is 1. The smallest absolute Gasteiger partial charge is 0.109 e. The zero-order valence-corrected chi connectivity index (χ0v) is 12.6. The fraction of sp³-hybridized carbons (Fsp3) is 0.182. The summed E-state index contributed by atoms with van der Waals surface area (Å²) in [6, 6.07) is 4.20. The minimum atomic E-state index is 0.824. The highest BCUT2D eigenvalue weighted by molar-refractivity contribution is 9.11. The minimum absolute atomic E-state index is 0.824. The van der Waals surface area contributed by atoms with Gasteiger partial charge in [-0.2, -0.15) is 0 Å². The predicted molar refractivity (Wildman–Crippen MR) is 76.0 cm³/mol. The zero-order chi connectivity index (χ0) is 11.5. The predicted octanol–water partition coefficient (Wildman–Crippen LogP) is 4.59. The third-order valence-electron chi connectivity index (χ3n) is 2.13. The summed E-state index contributed by atoms with van der Waals surface area (Å²) in [4.78, 5) is 4.24. The van der Waals surface area contributed by atoms with E-state index >= 15 is 0 Å². The number of pyridine rings is 1. The van der Waals surface area contributed by atoms with Gasteiger partial charge in [-0.25, -0.2) is 4.98 Å². The molecule has 0 aliphatic rings. The summed E-state index contributed by atoms with van der Waals surface area (Å²) in [5.74, 6) is 0. The molecule has 1 N–H and O–H groups in total. The average Bonchev–Trinajstić information content (AvgIpc) is 2.66. The lowest BCUT2D eigenvalue weighted by molar-refractivity contribution is 1.13. The fourth-order valence-corrected chi connectivity index (χ4v) is 2.72. The maximum absolute atomic E-state index is 4.24. The summed E-state index contributed by atoms with van der Waals surface area (Å²) in [5, 5.41) is 5.48. The van der Waals surface area contributed by atoms with Crippen LogP contribution in [0.25, 0.3) is 0 Å². The lowest BCUT2D eigenvalue weighted by Gasteiger charge is -2.06. The highest BCUT2D eigenvalue weighted by Crippen LogP contribution is 2.22. The molecule has 0 aromatic carbocycles. The summed E-state index contributed by atoms with van der Waals surface area (Å²) in [5.41, 5.74) is 3.46. The SMILES string of the molecule is Cc1cc(NCc2csc(Br)c2)cnc1Br. The van der Waals surface area contributed by atoms with E-state index in [0.717, 1.165) is 26.2 Å². The van der Waals surface area contributed by atoms with E-state index in [4.69, 9.17) is 0 Å². The number of halogens is 2. The topological polar surface area (TPSA) is 24.9 Å². The monoisotopic (exact) mass is 360 g/mol. The Balaban J connectivity index is 2.02. The van der Waals surface area contributed by atoms with Crippen molar-refractivity contribution < 1.29 is 0 Å². The first-order chi connectivity index (χ1) is 7.65. The van der Waals surface area contributed by atoms with Crippen molar-refractivity contribution in [2.45, 2.75) is 13.5 Å². The van der Waals surface area contributed by atoms with Crippen LogP contribution >= 0.6 is 43.2 Å². The molecule has 0 fully saturated rings. The molecular formula is C11H10Br2N2S. The van der Waals surface area contributed by atoms with E-state index in [1.807, 2.05) is 13.1 Å². The van der Waals surface area contributed by atoms with Crippen LogP contribution in [0.15, 0.2) is 32.1 Å². The molecule has 0 saturated heterocycles. The van der Waals surface area contributed by atoms with Crippen LogP contribution in [0.5, 0.6) is 0 Å². The third-order valence-corrected chi connectivity index (χ3v) is 4.52. The van der Waals surface area contributed by atoms with Crippen LogP contribution in [-0.2, 0) is 6.54 Å². The molecule has 0 radical (unpaired) electrons. The highest BCUT2D eigenvalue weighted by atomic mass is 79.9. The Hall–Kier alpha value is -0.390. The maximum Gasteiger partial charge on any atom is 0.109 e. The van der Waals surface area contributed by atoms with Crippen LogP contribution in [0.3, 0.4) is 0 Å². The number of hydrogen-bond acceptors (Lipinski definition) is 3. The molecule has 2 aromatic rings. The molecule has 2 nitrogen and oxygen atoms in total. The second-order valence-electron chi connectivity index (χ2n) is 3.44. The van der Waals surface area contributed by atoms with Gasteiger partial charge in [-0.1, -0.05) is 0 Å². The Bertz CT molecular complexity index is 496. The molecule has 84 valence electrons. The van der Waals surface area contributed by atoms with Crippen LogP contribution in [0.1, 0.15) is 11.1 Å². The van der Waals surface area contributed by atoms with Crippen molar-refractivity contribution in [1.29, 1.82) is 0 Å². The lowest BCUT2D eigenvalue weighted by atomic mass is 10.3. The van der Waals surface area contributed by atoms with Crippen molar-refractivity contribution in [3.05, 3.63) is 43.2 Å². The molecule has 0 amide bonds. The van der Waals surface area contributed by atoms with Gasteiger partial charge >= 0.3 is 0 Å². The number of thiophene rings is 1. The Kier molecular flexibility index (Phi) is 4.00. The van der Waals surface area contributed by atoms with Gasteiger partial charge in [-0.15, -0.1) is 11.3 Å². The van der Waals surface area contributed by atoms with E-state index in [-0.39, 0.29) is 0 Å². The molecule has 0 atom stereocenters. The van der Waals surface area contributed by atoms with E-state index in [2.05, 4.69) is 59.7 Å². The average molecular weight is 362 g/mol. The second kappa shape index (κ2) is 5.29. The summed E-state index contributed by atoms with van der Waals surface area (Å²) in [6.07, 6.45) is 1.83. The van der Waals surface area contributed by atoms with E-state index in [9.17, 15) is 0 Å². The van der Waals surface area contributed by atoms with E-state index in [0.29, 0.717) is 0 Å². The summed E-state index contributed by atoms with van der Waals surface area (Å²) >= 11 is 8.54. The minimum Gasteiger partial charge on any atom is -0.380 e. The molecule has 0 saturated carbocycles. The highest BCUT2D eigenvalue weighted by Gasteiger charge is 2.00. The molecule has 5 heteroatoms. The van der Waals surface area contributed by atoms with E-state index in [1.54, 1.807) is 11.3 Å². The van der Waals surface area contributed by atoms with Crippen LogP contribution in [0.4, 0.5) is 5.69 Å². The largest absolute Gasteiger partial charge is 0.380 e. The number of anilines is 1. The van der Waals surface area contributed by atoms with Crippen LogP contribution in [-0.4, -0.2) is 4.98 Å². The van der Waals surface area contributed by atoms with Gasteiger partial charge in [-0.3, -0.25) is 0 Å². The summed E-state index contributed by atoms with van der Waals surface area (Å²) in [6.45, 7) is 2.86. The van der Waals surface area contributed by atoms with Crippen LogP contribution in [0, 0.1) is 6.92 Å². The molecular weight excluding hydrogens is 352 g/mol.